The number of likely N-dealkylation sites (N-methyl/N-ethyl adjacent to an activating group) is 1. The summed E-state index contributed by atoms with van der Waals surface area (Å²) in [5.74, 6) is 0. The van der Waals surface area contributed by atoms with Crippen LogP contribution in [0.15, 0.2) is 35.5 Å². The van der Waals surface area contributed by atoms with Crippen LogP contribution in [0.5, 0.6) is 0 Å². The molecule has 0 amide bonds. The van der Waals surface area contributed by atoms with E-state index in [0.29, 0.717) is 0 Å². The lowest BCUT2D eigenvalue weighted by atomic mass is 9.98. The van der Waals surface area contributed by atoms with E-state index in [-0.39, 0.29) is 0 Å². The second-order valence-corrected chi connectivity index (χ2v) is 3.74. The number of allylic oxidation sites excluding steroid dienone is 3. The van der Waals surface area contributed by atoms with Crippen LogP contribution in [0.4, 0.5) is 0 Å². The molecule has 0 aromatic rings. The lowest BCUT2D eigenvalue weighted by Crippen LogP contribution is -2.30. The van der Waals surface area contributed by atoms with Crippen LogP contribution in [0.3, 0.4) is 0 Å². The van der Waals surface area contributed by atoms with Gasteiger partial charge >= 0.3 is 0 Å². The van der Waals surface area contributed by atoms with Gasteiger partial charge in [-0.3, -0.25) is 4.90 Å². The average molecular weight is 175 g/mol. The third-order valence-corrected chi connectivity index (χ3v) is 2.93. The summed E-state index contributed by atoms with van der Waals surface area (Å²) in [5.41, 5.74) is 3.20. The monoisotopic (exact) mass is 175 g/mol. The van der Waals surface area contributed by atoms with E-state index in [9.17, 15) is 0 Å². The molecule has 0 bridgehead atoms. The molecule has 0 N–H and O–H groups in total. The van der Waals surface area contributed by atoms with E-state index in [1.165, 1.54) is 25.9 Å². The summed E-state index contributed by atoms with van der Waals surface area (Å²) in [5, 5.41) is 0. The minimum Gasteiger partial charge on any atom is -0.299 e. The topological polar surface area (TPSA) is 3.24 Å². The Morgan fingerprint density at radius 1 is 1.38 bits per heavy atom. The Bertz CT molecular complexity index is 271. The predicted molar refractivity (Wildman–Crippen MR) is 56.7 cm³/mol. The van der Waals surface area contributed by atoms with Crippen molar-refractivity contribution in [3.05, 3.63) is 35.5 Å². The zero-order valence-corrected chi connectivity index (χ0v) is 8.29. The zero-order chi connectivity index (χ0) is 9.10. The summed E-state index contributed by atoms with van der Waals surface area (Å²) in [6.45, 7) is 5.82. The van der Waals surface area contributed by atoms with Gasteiger partial charge < -0.3 is 0 Å². The fourth-order valence-corrected chi connectivity index (χ4v) is 2.02. The first kappa shape index (κ1) is 8.76. The van der Waals surface area contributed by atoms with E-state index in [1.54, 1.807) is 11.1 Å². The summed E-state index contributed by atoms with van der Waals surface area (Å²) >= 11 is 0. The van der Waals surface area contributed by atoms with Gasteiger partial charge in [0.1, 0.15) is 0 Å². The minimum absolute atomic E-state index is 1.16. The molecule has 1 aliphatic heterocycles. The fraction of sp³-hybridized carbons (Fsp3) is 0.500. The minimum atomic E-state index is 1.16. The van der Waals surface area contributed by atoms with Gasteiger partial charge in [0.05, 0.1) is 0 Å². The molecular formula is C12H17N. The highest BCUT2D eigenvalue weighted by Crippen LogP contribution is 2.23. The summed E-state index contributed by atoms with van der Waals surface area (Å²) in [6, 6.07) is 0. The van der Waals surface area contributed by atoms with E-state index < -0.39 is 0 Å². The van der Waals surface area contributed by atoms with Crippen molar-refractivity contribution in [2.75, 3.05) is 19.6 Å². The highest BCUT2D eigenvalue weighted by atomic mass is 15.1. The smallest absolute Gasteiger partial charge is 0.0233 e. The van der Waals surface area contributed by atoms with Gasteiger partial charge in [-0.25, -0.2) is 0 Å². The van der Waals surface area contributed by atoms with Crippen LogP contribution in [-0.4, -0.2) is 24.5 Å². The zero-order valence-electron chi connectivity index (χ0n) is 8.29. The van der Waals surface area contributed by atoms with Crippen LogP contribution in [0.1, 0.15) is 19.8 Å². The second kappa shape index (κ2) is 3.93. The highest BCUT2D eigenvalue weighted by molar-refractivity contribution is 5.35. The van der Waals surface area contributed by atoms with Crippen LogP contribution >= 0.6 is 0 Å². The molecule has 0 radical (unpaired) electrons. The number of hydrogen-bond donors (Lipinski definition) is 0. The van der Waals surface area contributed by atoms with Gasteiger partial charge in [0.25, 0.3) is 0 Å². The van der Waals surface area contributed by atoms with Crippen molar-refractivity contribution in [3.63, 3.8) is 0 Å². The standard InChI is InChI=1S/C12H17N/c1-2-13-9-8-11-6-4-3-5-7-12(11)10-13/h3-5,7H,2,6,8-10H2,1H3. The summed E-state index contributed by atoms with van der Waals surface area (Å²) in [4.78, 5) is 2.51. The van der Waals surface area contributed by atoms with Crippen molar-refractivity contribution < 1.29 is 0 Å². The molecule has 0 fully saturated rings. The largest absolute Gasteiger partial charge is 0.299 e. The fourth-order valence-electron chi connectivity index (χ4n) is 2.02. The predicted octanol–water partition coefficient (Wildman–Crippen LogP) is 2.52. The Labute approximate surface area is 80.4 Å². The Morgan fingerprint density at radius 2 is 2.31 bits per heavy atom. The van der Waals surface area contributed by atoms with Crippen LogP contribution in [0.25, 0.3) is 0 Å². The lowest BCUT2D eigenvalue weighted by molar-refractivity contribution is 0.302. The molecule has 0 unspecified atom stereocenters. The van der Waals surface area contributed by atoms with E-state index in [1.807, 2.05) is 0 Å². The molecule has 1 heterocycles. The molecule has 2 rings (SSSR count). The Hall–Kier alpha value is -0.820. The molecule has 1 aliphatic carbocycles. The average Bonchev–Trinajstić information content (AvgIpc) is 2.41. The molecule has 13 heavy (non-hydrogen) atoms. The van der Waals surface area contributed by atoms with Gasteiger partial charge in [-0.15, -0.1) is 0 Å². The van der Waals surface area contributed by atoms with Crippen LogP contribution in [0.2, 0.25) is 0 Å². The molecule has 1 heteroatoms. The molecule has 1 nitrogen and oxygen atoms in total. The molecule has 0 aromatic heterocycles. The number of rotatable bonds is 1. The molecule has 0 aromatic carbocycles. The summed E-state index contributed by atoms with van der Waals surface area (Å²) in [6.07, 6.45) is 11.3. The van der Waals surface area contributed by atoms with E-state index >= 15 is 0 Å². The van der Waals surface area contributed by atoms with Gasteiger partial charge in [0.15, 0.2) is 0 Å². The van der Waals surface area contributed by atoms with E-state index in [0.717, 1.165) is 6.54 Å². The molecule has 0 atom stereocenters. The lowest BCUT2D eigenvalue weighted by Gasteiger charge is -2.28. The molecule has 70 valence electrons. The maximum atomic E-state index is 2.51. The third-order valence-electron chi connectivity index (χ3n) is 2.93. The van der Waals surface area contributed by atoms with E-state index in [4.69, 9.17) is 0 Å². The van der Waals surface area contributed by atoms with Crippen molar-refractivity contribution in [1.82, 2.24) is 4.90 Å². The summed E-state index contributed by atoms with van der Waals surface area (Å²) < 4.78 is 0. The van der Waals surface area contributed by atoms with Crippen molar-refractivity contribution in [2.24, 2.45) is 0 Å². The maximum Gasteiger partial charge on any atom is 0.0233 e. The van der Waals surface area contributed by atoms with Crippen LogP contribution in [-0.2, 0) is 0 Å². The van der Waals surface area contributed by atoms with Gasteiger partial charge in [-0.05, 0) is 25.0 Å². The highest BCUT2D eigenvalue weighted by Gasteiger charge is 2.15. The Balaban J connectivity index is 2.16. The van der Waals surface area contributed by atoms with Crippen LogP contribution in [0, 0.1) is 0 Å². The van der Waals surface area contributed by atoms with Crippen molar-refractivity contribution >= 4 is 0 Å². The van der Waals surface area contributed by atoms with Crippen LogP contribution < -0.4 is 0 Å². The van der Waals surface area contributed by atoms with Gasteiger partial charge in [-0.1, -0.05) is 36.8 Å². The third kappa shape index (κ3) is 1.92. The number of nitrogens with zero attached hydrogens (tertiary/aromatic N) is 1. The van der Waals surface area contributed by atoms with E-state index in [2.05, 4.69) is 36.1 Å². The Kier molecular flexibility index (Phi) is 2.65. The maximum absolute atomic E-state index is 2.51. The van der Waals surface area contributed by atoms with Gasteiger partial charge in [0, 0.05) is 13.1 Å². The molecule has 0 spiro atoms. The first-order chi connectivity index (χ1) is 6.40. The normalized spacial score (nSPS) is 23.2. The molecule has 2 aliphatic rings. The van der Waals surface area contributed by atoms with Crippen molar-refractivity contribution in [3.8, 4) is 0 Å². The molecule has 0 saturated carbocycles. The number of hydrogen-bond acceptors (Lipinski definition) is 1. The quantitative estimate of drug-likeness (QED) is 0.592. The van der Waals surface area contributed by atoms with Gasteiger partial charge in [-0.2, -0.15) is 0 Å². The SMILES string of the molecule is CCN1CCC2=C(C=CC=CC2)C1. The Morgan fingerprint density at radius 3 is 3.15 bits per heavy atom. The van der Waals surface area contributed by atoms with Crippen molar-refractivity contribution in [2.45, 2.75) is 19.8 Å². The second-order valence-electron chi connectivity index (χ2n) is 3.74. The first-order valence-electron chi connectivity index (χ1n) is 5.16. The van der Waals surface area contributed by atoms with Gasteiger partial charge in [0.2, 0.25) is 0 Å². The molecule has 0 saturated heterocycles. The van der Waals surface area contributed by atoms with Crippen molar-refractivity contribution in [1.29, 1.82) is 0 Å². The summed E-state index contributed by atoms with van der Waals surface area (Å²) in [7, 11) is 0. The molecular weight excluding hydrogens is 158 g/mol. The first-order valence-corrected chi connectivity index (χ1v) is 5.16.